The molecule has 0 saturated heterocycles. The van der Waals surface area contributed by atoms with E-state index < -0.39 is 6.04 Å². The molecule has 2 aromatic heterocycles. The van der Waals surface area contributed by atoms with E-state index in [1.165, 1.54) is 11.1 Å². The third kappa shape index (κ3) is 5.47. The highest BCUT2D eigenvalue weighted by atomic mass is 16.2. The van der Waals surface area contributed by atoms with Crippen molar-refractivity contribution in [3.63, 3.8) is 0 Å². The van der Waals surface area contributed by atoms with Crippen LogP contribution in [0.3, 0.4) is 0 Å². The number of amides is 1. The molecule has 0 unspecified atom stereocenters. The molecule has 4 aromatic rings. The number of hydrogen-bond donors (Lipinski definition) is 2. The number of anilines is 1. The summed E-state index contributed by atoms with van der Waals surface area (Å²) < 4.78 is 1.75. The highest BCUT2D eigenvalue weighted by Crippen LogP contribution is 2.20. The van der Waals surface area contributed by atoms with Crippen LogP contribution in [0.15, 0.2) is 85.3 Å². The van der Waals surface area contributed by atoms with Gasteiger partial charge in [0.1, 0.15) is 11.9 Å². The summed E-state index contributed by atoms with van der Waals surface area (Å²) in [6.07, 6.45) is 6.31. The third-order valence-corrected chi connectivity index (χ3v) is 5.33. The summed E-state index contributed by atoms with van der Waals surface area (Å²) in [4.78, 5) is 17.6. The van der Waals surface area contributed by atoms with Crippen molar-refractivity contribution in [1.29, 1.82) is 0 Å². The number of pyridine rings is 1. The van der Waals surface area contributed by atoms with Crippen molar-refractivity contribution in [2.24, 2.45) is 7.05 Å². The zero-order valence-electron chi connectivity index (χ0n) is 18.3. The van der Waals surface area contributed by atoms with Crippen LogP contribution in [0.1, 0.15) is 22.7 Å². The molecular weight excluding hydrogens is 398 g/mol. The number of rotatable bonds is 8. The first-order valence-corrected chi connectivity index (χ1v) is 10.7. The van der Waals surface area contributed by atoms with Crippen LogP contribution >= 0.6 is 0 Å². The van der Waals surface area contributed by atoms with E-state index in [2.05, 4.69) is 51.9 Å². The molecule has 0 fully saturated rings. The van der Waals surface area contributed by atoms with E-state index in [1.807, 2.05) is 55.7 Å². The molecule has 0 aliphatic carbocycles. The normalized spacial score (nSPS) is 11.8. The van der Waals surface area contributed by atoms with Crippen molar-refractivity contribution in [1.82, 2.24) is 20.1 Å². The standard InChI is InChI=1S/C26H27N5O/c1-19-8-10-20(11-9-19)14-15-27-25(21-6-4-3-5-7-21)26(32)30-24-13-12-22(16-28-24)23-17-29-31(2)18-23/h3-13,16-18,25,27H,14-15H2,1-2H3,(H,28,30,32)/t25-/m0/s1. The van der Waals surface area contributed by atoms with Gasteiger partial charge < -0.3 is 10.6 Å². The first-order valence-electron chi connectivity index (χ1n) is 10.7. The summed E-state index contributed by atoms with van der Waals surface area (Å²) in [5.74, 6) is 0.380. The van der Waals surface area contributed by atoms with Crippen molar-refractivity contribution in [3.8, 4) is 11.1 Å². The van der Waals surface area contributed by atoms with Crippen LogP contribution in [0.25, 0.3) is 11.1 Å². The summed E-state index contributed by atoms with van der Waals surface area (Å²) in [7, 11) is 1.88. The number of aryl methyl sites for hydroxylation is 2. The first kappa shape index (κ1) is 21.5. The van der Waals surface area contributed by atoms with E-state index in [9.17, 15) is 4.79 Å². The van der Waals surface area contributed by atoms with E-state index >= 15 is 0 Å². The molecule has 1 atom stereocenters. The molecular formula is C26H27N5O. The lowest BCUT2D eigenvalue weighted by molar-refractivity contribution is -0.118. The fraction of sp³-hybridized carbons (Fsp3) is 0.192. The summed E-state index contributed by atoms with van der Waals surface area (Å²) >= 11 is 0. The largest absolute Gasteiger partial charge is 0.309 e. The van der Waals surface area contributed by atoms with E-state index in [-0.39, 0.29) is 5.91 Å². The van der Waals surface area contributed by atoms with Crippen LogP contribution in [0.4, 0.5) is 5.82 Å². The molecule has 0 aliphatic rings. The van der Waals surface area contributed by atoms with Crippen molar-refractivity contribution < 1.29 is 4.79 Å². The number of nitrogens with zero attached hydrogens (tertiary/aromatic N) is 3. The van der Waals surface area contributed by atoms with Gasteiger partial charge in [-0.1, -0.05) is 60.2 Å². The van der Waals surface area contributed by atoms with E-state index in [1.54, 1.807) is 17.1 Å². The molecule has 2 N–H and O–H groups in total. The van der Waals surface area contributed by atoms with E-state index in [0.717, 1.165) is 23.1 Å². The number of hydrogen-bond acceptors (Lipinski definition) is 4. The molecule has 6 heteroatoms. The Morgan fingerprint density at radius 3 is 2.41 bits per heavy atom. The van der Waals surface area contributed by atoms with Gasteiger partial charge in [0.05, 0.1) is 6.20 Å². The number of aromatic nitrogens is 3. The monoisotopic (exact) mass is 425 g/mol. The second-order valence-corrected chi connectivity index (χ2v) is 7.86. The van der Waals surface area contributed by atoms with Gasteiger partial charge >= 0.3 is 0 Å². The molecule has 0 saturated carbocycles. The molecule has 0 spiro atoms. The SMILES string of the molecule is Cc1ccc(CCN[C@H](C(=O)Nc2ccc(-c3cnn(C)c3)cn2)c2ccccc2)cc1. The molecule has 2 aromatic carbocycles. The highest BCUT2D eigenvalue weighted by molar-refractivity contribution is 5.94. The Bertz CT molecular complexity index is 1150. The van der Waals surface area contributed by atoms with Gasteiger partial charge in [-0.2, -0.15) is 5.10 Å². The maximum atomic E-state index is 13.1. The lowest BCUT2D eigenvalue weighted by Crippen LogP contribution is -2.34. The molecule has 6 nitrogen and oxygen atoms in total. The van der Waals surface area contributed by atoms with Gasteiger partial charge in [0.2, 0.25) is 5.91 Å². The van der Waals surface area contributed by atoms with Gasteiger partial charge in [-0.15, -0.1) is 0 Å². The molecule has 32 heavy (non-hydrogen) atoms. The topological polar surface area (TPSA) is 71.8 Å². The summed E-state index contributed by atoms with van der Waals surface area (Å²) in [6.45, 7) is 2.76. The van der Waals surface area contributed by atoms with Crippen LogP contribution in [-0.2, 0) is 18.3 Å². The Kier molecular flexibility index (Phi) is 6.72. The molecule has 1 amide bonds. The van der Waals surface area contributed by atoms with Crippen molar-refractivity contribution >= 4 is 11.7 Å². The van der Waals surface area contributed by atoms with Crippen LogP contribution in [0.2, 0.25) is 0 Å². The van der Waals surface area contributed by atoms with Gasteiger partial charge in [-0.3, -0.25) is 9.48 Å². The minimum atomic E-state index is -0.471. The molecule has 0 bridgehead atoms. The second kappa shape index (κ2) is 10.0. The minimum Gasteiger partial charge on any atom is -0.309 e. The Hall–Kier alpha value is -3.77. The average molecular weight is 426 g/mol. The van der Waals surface area contributed by atoms with Crippen molar-refractivity contribution in [2.75, 3.05) is 11.9 Å². The summed E-state index contributed by atoms with van der Waals surface area (Å²) in [6, 6.07) is 21.5. The molecule has 0 radical (unpaired) electrons. The van der Waals surface area contributed by atoms with Crippen LogP contribution in [0, 0.1) is 6.92 Å². The van der Waals surface area contributed by atoms with Gasteiger partial charge in [0.15, 0.2) is 0 Å². The average Bonchev–Trinajstić information content (AvgIpc) is 3.25. The molecule has 4 rings (SSSR count). The molecule has 162 valence electrons. The Morgan fingerprint density at radius 2 is 1.75 bits per heavy atom. The fourth-order valence-electron chi connectivity index (χ4n) is 3.53. The third-order valence-electron chi connectivity index (χ3n) is 5.33. The van der Waals surface area contributed by atoms with Crippen LogP contribution in [0.5, 0.6) is 0 Å². The highest BCUT2D eigenvalue weighted by Gasteiger charge is 2.20. The first-order chi connectivity index (χ1) is 15.6. The lowest BCUT2D eigenvalue weighted by Gasteiger charge is -2.19. The smallest absolute Gasteiger partial charge is 0.247 e. The number of nitrogens with one attached hydrogen (secondary N) is 2. The van der Waals surface area contributed by atoms with Crippen LogP contribution in [-0.4, -0.2) is 27.2 Å². The fourth-order valence-corrected chi connectivity index (χ4v) is 3.53. The molecule has 2 heterocycles. The minimum absolute atomic E-state index is 0.137. The van der Waals surface area contributed by atoms with Crippen LogP contribution < -0.4 is 10.6 Å². The zero-order chi connectivity index (χ0) is 22.3. The number of carbonyl (C=O) groups excluding carboxylic acids is 1. The van der Waals surface area contributed by atoms with Gasteiger partial charge in [-0.05, 0) is 36.6 Å². The van der Waals surface area contributed by atoms with E-state index in [0.29, 0.717) is 12.4 Å². The van der Waals surface area contributed by atoms with Gasteiger partial charge in [0, 0.05) is 37.1 Å². The maximum absolute atomic E-state index is 13.1. The quantitative estimate of drug-likeness (QED) is 0.441. The van der Waals surface area contributed by atoms with Gasteiger partial charge in [0.25, 0.3) is 0 Å². The zero-order valence-corrected chi connectivity index (χ0v) is 18.3. The predicted molar refractivity (Wildman–Crippen MR) is 127 cm³/mol. The number of carbonyl (C=O) groups is 1. The Labute approximate surface area is 188 Å². The van der Waals surface area contributed by atoms with Gasteiger partial charge in [-0.25, -0.2) is 4.98 Å². The maximum Gasteiger partial charge on any atom is 0.247 e. The Morgan fingerprint density at radius 1 is 0.969 bits per heavy atom. The van der Waals surface area contributed by atoms with Crippen molar-refractivity contribution in [3.05, 3.63) is 102 Å². The predicted octanol–water partition coefficient (Wildman–Crippen LogP) is 4.30. The summed E-state index contributed by atoms with van der Waals surface area (Å²) in [5.41, 5.74) is 5.33. The summed E-state index contributed by atoms with van der Waals surface area (Å²) in [5, 5.41) is 10.5. The Balaban J connectivity index is 1.43. The van der Waals surface area contributed by atoms with Crippen molar-refractivity contribution in [2.45, 2.75) is 19.4 Å². The lowest BCUT2D eigenvalue weighted by atomic mass is 10.1. The number of benzene rings is 2. The molecule has 0 aliphatic heterocycles. The van der Waals surface area contributed by atoms with E-state index in [4.69, 9.17) is 0 Å². The second-order valence-electron chi connectivity index (χ2n) is 7.86.